The topological polar surface area (TPSA) is 36.9 Å². The van der Waals surface area contributed by atoms with Crippen molar-refractivity contribution >= 4 is 9.28 Å². The Morgan fingerprint density at radius 2 is 2.08 bits per heavy atom. The van der Waals surface area contributed by atoms with Gasteiger partial charge in [0.25, 0.3) is 0 Å². The van der Waals surface area contributed by atoms with Crippen molar-refractivity contribution in [3.05, 3.63) is 0 Å². The van der Waals surface area contributed by atoms with Crippen LogP contribution < -0.4 is 0 Å². The van der Waals surface area contributed by atoms with Crippen molar-refractivity contribution in [3.8, 4) is 0 Å². The monoisotopic (exact) mass is 192 g/mol. The lowest BCUT2D eigenvalue weighted by atomic mass is 10.3. The first-order valence-electron chi connectivity index (χ1n) is 4.15. The number of hydrogen-bond donors (Lipinski definition) is 0. The Labute approximate surface area is 74.6 Å². The third-order valence-electron chi connectivity index (χ3n) is 1.84. The van der Waals surface area contributed by atoms with Crippen molar-refractivity contribution in [1.82, 2.24) is 0 Å². The first-order chi connectivity index (χ1) is 5.86. The smallest absolute Gasteiger partial charge is 0.323 e. The van der Waals surface area contributed by atoms with Crippen LogP contribution in [0.1, 0.15) is 6.42 Å². The van der Waals surface area contributed by atoms with E-state index in [1.807, 2.05) is 0 Å². The van der Waals surface area contributed by atoms with Gasteiger partial charge in [-0.25, -0.2) is 0 Å². The number of rotatable bonds is 6. The lowest BCUT2D eigenvalue weighted by molar-refractivity contribution is -0.212. The minimum absolute atomic E-state index is 0.0355. The number of hydrogen-bond acceptors (Lipinski definition) is 4. The van der Waals surface area contributed by atoms with Crippen LogP contribution in [0.2, 0.25) is 6.04 Å². The van der Waals surface area contributed by atoms with Gasteiger partial charge in [-0.05, 0) is 0 Å². The highest BCUT2D eigenvalue weighted by molar-refractivity contribution is 6.44. The number of ether oxygens (including phenoxy) is 2. The normalized spacial score (nSPS) is 22.8. The van der Waals surface area contributed by atoms with E-state index in [0.29, 0.717) is 6.61 Å². The molecule has 1 aliphatic rings. The van der Waals surface area contributed by atoms with Gasteiger partial charge in [0.2, 0.25) is 0 Å². The molecule has 1 saturated heterocycles. The van der Waals surface area contributed by atoms with Gasteiger partial charge in [0.1, 0.15) is 0 Å². The van der Waals surface area contributed by atoms with Crippen LogP contribution in [-0.4, -0.2) is 43.0 Å². The Morgan fingerprint density at radius 3 is 2.50 bits per heavy atom. The second-order valence-corrected chi connectivity index (χ2v) is 5.03. The fraction of sp³-hybridized carbons (Fsp3) is 1.00. The van der Waals surface area contributed by atoms with Crippen LogP contribution in [0, 0.1) is 0 Å². The van der Waals surface area contributed by atoms with Crippen molar-refractivity contribution in [2.24, 2.45) is 0 Å². The molecule has 0 saturated carbocycles. The van der Waals surface area contributed by atoms with Gasteiger partial charge in [-0.3, -0.25) is 0 Å². The minimum atomic E-state index is -1.42. The van der Waals surface area contributed by atoms with Gasteiger partial charge in [-0.1, -0.05) is 0 Å². The highest BCUT2D eigenvalue weighted by atomic mass is 28.3. The summed E-state index contributed by atoms with van der Waals surface area (Å²) in [6.07, 6.45) is 1.06. The molecule has 1 fully saturated rings. The summed E-state index contributed by atoms with van der Waals surface area (Å²) < 4.78 is 20.7. The first-order valence-corrected chi connectivity index (χ1v) is 5.91. The van der Waals surface area contributed by atoms with Crippen LogP contribution in [0.4, 0.5) is 0 Å². The van der Waals surface area contributed by atoms with E-state index in [1.54, 1.807) is 14.2 Å². The van der Waals surface area contributed by atoms with E-state index in [0.717, 1.165) is 19.1 Å². The van der Waals surface area contributed by atoms with Crippen LogP contribution in [0.15, 0.2) is 0 Å². The maximum Gasteiger partial charge on any atom is 0.323 e. The summed E-state index contributed by atoms with van der Waals surface area (Å²) in [7, 11) is 1.94. The quantitative estimate of drug-likeness (QED) is 0.566. The zero-order valence-corrected chi connectivity index (χ0v) is 8.77. The lowest BCUT2D eigenvalue weighted by Gasteiger charge is -2.26. The largest absolute Gasteiger partial charge is 0.400 e. The summed E-state index contributed by atoms with van der Waals surface area (Å²) in [5, 5.41) is 0. The molecule has 1 unspecified atom stereocenters. The molecule has 0 bridgehead atoms. The molecule has 5 heteroatoms. The van der Waals surface area contributed by atoms with Crippen molar-refractivity contribution in [2.45, 2.75) is 18.8 Å². The van der Waals surface area contributed by atoms with E-state index < -0.39 is 9.28 Å². The molecule has 0 spiro atoms. The van der Waals surface area contributed by atoms with Gasteiger partial charge in [0.15, 0.2) is 6.29 Å². The SMILES string of the molecule is CO[SiH](CCOC1CCO1)OC. The van der Waals surface area contributed by atoms with Gasteiger partial charge in [0.05, 0.1) is 13.2 Å². The van der Waals surface area contributed by atoms with Gasteiger partial charge in [-0.2, -0.15) is 0 Å². The third kappa shape index (κ3) is 3.20. The van der Waals surface area contributed by atoms with E-state index in [9.17, 15) is 0 Å². The van der Waals surface area contributed by atoms with Crippen LogP contribution in [0.3, 0.4) is 0 Å². The van der Waals surface area contributed by atoms with Gasteiger partial charge in [-0.15, -0.1) is 0 Å². The highest BCUT2D eigenvalue weighted by Gasteiger charge is 2.19. The van der Waals surface area contributed by atoms with Crippen molar-refractivity contribution in [1.29, 1.82) is 0 Å². The molecule has 12 heavy (non-hydrogen) atoms. The Balaban J connectivity index is 1.92. The average Bonchev–Trinajstić information content (AvgIpc) is 2.02. The van der Waals surface area contributed by atoms with Gasteiger partial charge < -0.3 is 18.3 Å². The average molecular weight is 192 g/mol. The van der Waals surface area contributed by atoms with Crippen LogP contribution in [0.5, 0.6) is 0 Å². The molecule has 0 aromatic heterocycles. The summed E-state index contributed by atoms with van der Waals surface area (Å²) >= 11 is 0. The molecule has 1 aliphatic heterocycles. The molecular weight excluding hydrogens is 176 g/mol. The molecule has 1 atom stereocenters. The van der Waals surface area contributed by atoms with Gasteiger partial charge in [0, 0.05) is 26.7 Å². The molecule has 0 aromatic rings. The van der Waals surface area contributed by atoms with E-state index in [2.05, 4.69) is 0 Å². The second kappa shape index (κ2) is 5.66. The van der Waals surface area contributed by atoms with E-state index in [-0.39, 0.29) is 6.29 Å². The Bertz CT molecular complexity index is 114. The third-order valence-corrected chi connectivity index (χ3v) is 3.60. The molecule has 72 valence electrons. The highest BCUT2D eigenvalue weighted by Crippen LogP contribution is 2.12. The zero-order valence-electron chi connectivity index (χ0n) is 7.62. The summed E-state index contributed by atoms with van der Waals surface area (Å²) in [5.74, 6) is 0. The van der Waals surface area contributed by atoms with Crippen molar-refractivity contribution < 1.29 is 18.3 Å². The predicted octanol–water partition coefficient (Wildman–Crippen LogP) is 0.263. The molecule has 0 aromatic carbocycles. The summed E-state index contributed by atoms with van der Waals surface area (Å²) in [6, 6.07) is 0.882. The van der Waals surface area contributed by atoms with E-state index in [4.69, 9.17) is 18.3 Å². The summed E-state index contributed by atoms with van der Waals surface area (Å²) in [4.78, 5) is 0. The second-order valence-electron chi connectivity index (χ2n) is 2.65. The minimum Gasteiger partial charge on any atom is -0.400 e. The standard InChI is InChI=1S/C7H16O4Si/c1-8-12(9-2)6-5-11-7-3-4-10-7/h7,12H,3-6H2,1-2H3. The predicted molar refractivity (Wildman–Crippen MR) is 46.3 cm³/mol. The maximum atomic E-state index is 5.36. The lowest BCUT2D eigenvalue weighted by Crippen LogP contribution is -2.31. The Kier molecular flexibility index (Phi) is 4.78. The van der Waals surface area contributed by atoms with E-state index in [1.165, 1.54) is 0 Å². The molecule has 0 amide bonds. The molecule has 1 rings (SSSR count). The molecule has 0 aliphatic carbocycles. The molecule has 4 nitrogen and oxygen atoms in total. The maximum absolute atomic E-state index is 5.36. The fourth-order valence-electron chi connectivity index (χ4n) is 0.973. The molecular formula is C7H16O4Si. The summed E-state index contributed by atoms with van der Waals surface area (Å²) in [5.41, 5.74) is 0. The zero-order chi connectivity index (χ0) is 8.81. The van der Waals surface area contributed by atoms with Crippen LogP contribution >= 0.6 is 0 Å². The Hall–Kier alpha value is 0.0569. The Morgan fingerprint density at radius 1 is 1.42 bits per heavy atom. The molecule has 1 heterocycles. The molecule has 0 radical (unpaired) electrons. The van der Waals surface area contributed by atoms with Crippen molar-refractivity contribution in [2.75, 3.05) is 27.4 Å². The van der Waals surface area contributed by atoms with Crippen LogP contribution in [-0.2, 0) is 18.3 Å². The first kappa shape index (κ1) is 10.1. The molecule has 0 N–H and O–H groups in total. The fourth-order valence-corrected chi connectivity index (χ4v) is 1.97. The van der Waals surface area contributed by atoms with E-state index >= 15 is 0 Å². The van der Waals surface area contributed by atoms with Gasteiger partial charge >= 0.3 is 9.28 Å². The van der Waals surface area contributed by atoms with Crippen molar-refractivity contribution in [3.63, 3.8) is 0 Å². The summed E-state index contributed by atoms with van der Waals surface area (Å²) in [6.45, 7) is 1.52. The van der Waals surface area contributed by atoms with Crippen LogP contribution in [0.25, 0.3) is 0 Å².